The van der Waals surface area contributed by atoms with Crippen LogP contribution in [0.25, 0.3) is 55.0 Å². The first kappa shape index (κ1) is 40.7. The van der Waals surface area contributed by atoms with Gasteiger partial charge in [-0.3, -0.25) is 0 Å². The number of hydrogen-bond acceptors (Lipinski definition) is 0. The molecule has 2 unspecified atom stereocenters. The number of hydrogen-bond donors (Lipinski definition) is 0. The molecule has 4 bridgehead atoms. The lowest BCUT2D eigenvalue weighted by molar-refractivity contribution is -0.0281. The Morgan fingerprint density at radius 1 is 0.403 bits per heavy atom. The minimum absolute atomic E-state index is 0.201. The average Bonchev–Trinajstić information content (AvgIpc) is 3.81. The Labute approximate surface area is 396 Å². The molecule has 4 aliphatic rings. The van der Waals surface area contributed by atoms with Crippen molar-refractivity contribution in [2.24, 2.45) is 11.8 Å². The molecule has 0 spiro atoms. The minimum atomic E-state index is 0.201. The maximum atomic E-state index is 2.57. The highest BCUT2D eigenvalue weighted by atomic mass is 15.0. The highest BCUT2D eigenvalue weighted by Crippen LogP contribution is 2.66. The smallest absolute Gasteiger partial charge is 0.242 e. The van der Waals surface area contributed by atoms with Crippen LogP contribution in [0, 0.1) is 53.4 Å². The van der Waals surface area contributed by atoms with Gasteiger partial charge in [-0.05, 0) is 162 Å². The van der Waals surface area contributed by atoms with Crippen LogP contribution in [0.1, 0.15) is 83.0 Å². The van der Waals surface area contributed by atoms with E-state index in [4.69, 9.17) is 0 Å². The molecule has 10 aromatic rings. The second-order valence-electron chi connectivity index (χ2n) is 21.7. The number of rotatable bonds is 7. The van der Waals surface area contributed by atoms with Crippen LogP contribution in [-0.2, 0) is 10.8 Å². The van der Waals surface area contributed by atoms with Crippen molar-refractivity contribution in [2.45, 2.75) is 90.9 Å². The number of benzene rings is 8. The van der Waals surface area contributed by atoms with Gasteiger partial charge >= 0.3 is 0 Å². The summed E-state index contributed by atoms with van der Waals surface area (Å²) >= 11 is 0. The van der Waals surface area contributed by atoms with Crippen LogP contribution in [-0.4, -0.2) is 15.8 Å². The third-order valence-electron chi connectivity index (χ3n) is 17.2. The van der Waals surface area contributed by atoms with Crippen molar-refractivity contribution >= 4 is 66.7 Å². The van der Waals surface area contributed by atoms with E-state index in [1.54, 1.807) is 11.1 Å². The van der Waals surface area contributed by atoms with Crippen LogP contribution >= 0.6 is 0 Å². The molecule has 0 N–H and O–H groups in total. The zero-order chi connectivity index (χ0) is 45.3. The maximum absolute atomic E-state index is 2.57. The molecule has 0 aliphatic heterocycles. The SMILES string of the molecule is Cc1cc(C)c(B(c2ccc(C34CC5CC(C3)CC(c3ccc(-n6c7ccccc7c7cc8c(cc76)c6ccccc6n8-c6ccccc6)cc3)(C5)C4)cc2)c2c(C)cc(C)cc2C)c(C)c1. The summed E-state index contributed by atoms with van der Waals surface area (Å²) in [6, 6.07) is 63.3. The van der Waals surface area contributed by atoms with Crippen LogP contribution in [0.3, 0.4) is 0 Å². The van der Waals surface area contributed by atoms with Gasteiger partial charge in [-0.1, -0.05) is 165 Å². The summed E-state index contributed by atoms with van der Waals surface area (Å²) in [5.41, 5.74) is 23.6. The number of nitrogens with zero attached hydrogens (tertiary/aromatic N) is 2. The molecule has 0 saturated heterocycles. The second kappa shape index (κ2) is 15.0. The third-order valence-corrected chi connectivity index (χ3v) is 17.2. The molecule has 2 nitrogen and oxygen atoms in total. The Morgan fingerprint density at radius 2 is 0.806 bits per heavy atom. The van der Waals surface area contributed by atoms with Gasteiger partial charge in [-0.15, -0.1) is 0 Å². The molecule has 4 saturated carbocycles. The lowest BCUT2D eigenvalue weighted by atomic mass is 9.34. The summed E-state index contributed by atoms with van der Waals surface area (Å²) in [5, 5.41) is 5.16. The zero-order valence-electron chi connectivity index (χ0n) is 40.0. The van der Waals surface area contributed by atoms with Crippen molar-refractivity contribution in [1.82, 2.24) is 9.13 Å². The van der Waals surface area contributed by atoms with Gasteiger partial charge in [0.15, 0.2) is 0 Å². The zero-order valence-corrected chi connectivity index (χ0v) is 40.0. The molecule has 2 aromatic heterocycles. The largest absolute Gasteiger partial charge is 0.309 e. The highest BCUT2D eigenvalue weighted by Gasteiger charge is 2.58. The van der Waals surface area contributed by atoms with E-state index < -0.39 is 0 Å². The molecule has 67 heavy (non-hydrogen) atoms. The Morgan fingerprint density at radius 3 is 1.27 bits per heavy atom. The monoisotopic (exact) mass is 866 g/mol. The lowest BCUT2D eigenvalue weighted by Crippen LogP contribution is -2.57. The minimum Gasteiger partial charge on any atom is -0.309 e. The number of aromatic nitrogens is 2. The Kier molecular flexibility index (Phi) is 9.09. The van der Waals surface area contributed by atoms with Gasteiger partial charge < -0.3 is 9.13 Å². The van der Waals surface area contributed by atoms with Gasteiger partial charge in [0.2, 0.25) is 6.71 Å². The van der Waals surface area contributed by atoms with E-state index in [2.05, 4.69) is 214 Å². The molecular weight excluding hydrogens is 808 g/mol. The fourth-order valence-electron chi connectivity index (χ4n) is 15.3. The molecule has 3 heteroatoms. The molecule has 4 fully saturated rings. The van der Waals surface area contributed by atoms with Crippen molar-refractivity contribution in [3.63, 3.8) is 0 Å². The van der Waals surface area contributed by atoms with Crippen LogP contribution in [0.5, 0.6) is 0 Å². The topological polar surface area (TPSA) is 9.86 Å². The summed E-state index contributed by atoms with van der Waals surface area (Å²) in [7, 11) is 0. The normalized spacial score (nSPS) is 21.0. The number of aryl methyl sites for hydroxylation is 6. The Hall–Kier alpha value is -6.58. The maximum Gasteiger partial charge on any atom is 0.242 e. The summed E-state index contributed by atoms with van der Waals surface area (Å²) in [6.07, 6.45) is 7.95. The number of fused-ring (bicyclic) bond motifs is 6. The van der Waals surface area contributed by atoms with Gasteiger partial charge in [0.05, 0.1) is 22.1 Å². The average molecular weight is 867 g/mol. The van der Waals surface area contributed by atoms with Crippen LogP contribution < -0.4 is 16.4 Å². The highest BCUT2D eigenvalue weighted by molar-refractivity contribution is 6.96. The predicted octanol–water partition coefficient (Wildman–Crippen LogP) is 14.0. The first-order chi connectivity index (χ1) is 32.6. The van der Waals surface area contributed by atoms with E-state index >= 15 is 0 Å². The van der Waals surface area contributed by atoms with Crippen molar-refractivity contribution in [3.05, 3.63) is 208 Å². The molecular formula is C64H59BN2. The van der Waals surface area contributed by atoms with E-state index in [1.807, 2.05) is 0 Å². The predicted molar refractivity (Wildman–Crippen MR) is 286 cm³/mol. The quantitative estimate of drug-likeness (QED) is 0.141. The van der Waals surface area contributed by atoms with Gasteiger partial charge in [0.1, 0.15) is 0 Å². The van der Waals surface area contributed by atoms with Crippen LogP contribution in [0.2, 0.25) is 0 Å². The van der Waals surface area contributed by atoms with E-state index in [9.17, 15) is 0 Å². The van der Waals surface area contributed by atoms with Crippen molar-refractivity contribution < 1.29 is 0 Å². The lowest BCUT2D eigenvalue weighted by Gasteiger charge is -2.63. The van der Waals surface area contributed by atoms with E-state index in [0.717, 1.165) is 11.8 Å². The van der Waals surface area contributed by atoms with Crippen LogP contribution in [0.15, 0.2) is 164 Å². The molecule has 328 valence electrons. The molecule has 4 aliphatic carbocycles. The Bertz CT molecular complexity index is 3490. The van der Waals surface area contributed by atoms with Crippen molar-refractivity contribution in [1.29, 1.82) is 0 Å². The first-order valence-corrected chi connectivity index (χ1v) is 25.0. The molecule has 8 aromatic carbocycles. The third kappa shape index (κ3) is 6.23. The van der Waals surface area contributed by atoms with Crippen molar-refractivity contribution in [2.75, 3.05) is 0 Å². The fraction of sp³-hybridized carbons (Fsp3) is 0.250. The van der Waals surface area contributed by atoms with E-state index in [-0.39, 0.29) is 17.5 Å². The molecule has 0 radical (unpaired) electrons. The fourth-order valence-corrected chi connectivity index (χ4v) is 15.3. The summed E-state index contributed by atoms with van der Waals surface area (Å²) < 4.78 is 4.96. The molecule has 0 amide bonds. The van der Waals surface area contributed by atoms with Crippen LogP contribution in [0.4, 0.5) is 0 Å². The molecule has 2 heterocycles. The second-order valence-corrected chi connectivity index (χ2v) is 21.7. The van der Waals surface area contributed by atoms with Gasteiger partial charge in [-0.2, -0.15) is 0 Å². The summed E-state index contributed by atoms with van der Waals surface area (Å²) in [5.74, 6) is 1.56. The summed E-state index contributed by atoms with van der Waals surface area (Å²) in [6.45, 7) is 14.0. The number of para-hydroxylation sites is 3. The van der Waals surface area contributed by atoms with Gasteiger partial charge in [0, 0.05) is 32.9 Å². The van der Waals surface area contributed by atoms with E-state index in [0.29, 0.717) is 0 Å². The van der Waals surface area contributed by atoms with Crippen molar-refractivity contribution in [3.8, 4) is 11.4 Å². The van der Waals surface area contributed by atoms with Gasteiger partial charge in [-0.25, -0.2) is 0 Å². The first-order valence-electron chi connectivity index (χ1n) is 25.0. The molecule has 2 atom stereocenters. The molecule has 14 rings (SSSR count). The standard InChI is InChI=1S/C64H59BN2/c1-40-28-42(3)61(43(4)29-40)65(62-44(5)30-41(2)31-45(62)6)50-24-20-48(21-25-50)63-35-46-32-47(36-63)38-64(37-46,39-63)49-22-26-52(27-23-49)67-58-19-13-11-17-54(58)56-33-59-55(34-60(56)67)53-16-10-12-18-57(53)66(59)51-14-8-7-9-15-51/h7-31,33-34,46-47H,32,35-39H2,1-6H3. The van der Waals surface area contributed by atoms with Gasteiger partial charge in [0.25, 0.3) is 0 Å². The Balaban J connectivity index is 0.881. The van der Waals surface area contributed by atoms with E-state index in [1.165, 1.54) is 143 Å². The summed E-state index contributed by atoms with van der Waals surface area (Å²) in [4.78, 5) is 0.